The number of hydrogen-bond donors (Lipinski definition) is 2. The summed E-state index contributed by atoms with van der Waals surface area (Å²) in [6.45, 7) is 3.87. The first-order valence-corrected chi connectivity index (χ1v) is 6.08. The van der Waals surface area contributed by atoms with Gasteiger partial charge >= 0.3 is 0 Å². The first-order valence-electron chi connectivity index (χ1n) is 6.08. The summed E-state index contributed by atoms with van der Waals surface area (Å²) in [6, 6.07) is 6.89. The van der Waals surface area contributed by atoms with E-state index in [-0.39, 0.29) is 5.92 Å². The van der Waals surface area contributed by atoms with E-state index in [4.69, 9.17) is 10.5 Å². The highest BCUT2D eigenvalue weighted by Gasteiger charge is 2.39. The number of aliphatic hydroxyl groups is 1. The Labute approximate surface area is 108 Å². The van der Waals surface area contributed by atoms with Crippen molar-refractivity contribution in [2.24, 2.45) is 11.7 Å². The normalized spacial score (nSPS) is 17.8. The molecule has 0 aromatic heterocycles. The number of carbonyl (C=O) groups excluding carboxylic acids is 1. The van der Waals surface area contributed by atoms with Crippen molar-refractivity contribution in [3.05, 3.63) is 35.4 Å². The summed E-state index contributed by atoms with van der Waals surface area (Å²) in [7, 11) is 1.44. The molecule has 0 aliphatic carbocycles. The maximum atomic E-state index is 11.1. The Morgan fingerprint density at radius 3 is 2.61 bits per heavy atom. The van der Waals surface area contributed by atoms with Crippen molar-refractivity contribution in [3.8, 4) is 0 Å². The Morgan fingerprint density at radius 2 is 2.11 bits per heavy atom. The van der Waals surface area contributed by atoms with Crippen LogP contribution in [0.1, 0.15) is 36.2 Å². The van der Waals surface area contributed by atoms with E-state index in [0.29, 0.717) is 11.1 Å². The monoisotopic (exact) mass is 251 g/mol. The van der Waals surface area contributed by atoms with Crippen LogP contribution in [-0.4, -0.2) is 24.6 Å². The molecule has 0 heterocycles. The third kappa shape index (κ3) is 2.61. The van der Waals surface area contributed by atoms with Crippen LogP contribution in [0.5, 0.6) is 0 Å². The van der Waals surface area contributed by atoms with Crippen LogP contribution in [0, 0.1) is 5.92 Å². The summed E-state index contributed by atoms with van der Waals surface area (Å²) < 4.78 is 5.32. The highest BCUT2D eigenvalue weighted by Crippen LogP contribution is 2.30. The van der Waals surface area contributed by atoms with Crippen LogP contribution in [0.3, 0.4) is 0 Å². The number of hydrogen-bond acceptors (Lipinski definition) is 4. The lowest BCUT2D eigenvalue weighted by Crippen LogP contribution is -2.52. The number of aldehydes is 1. The van der Waals surface area contributed by atoms with Gasteiger partial charge in [0.25, 0.3) is 0 Å². The van der Waals surface area contributed by atoms with E-state index >= 15 is 0 Å². The van der Waals surface area contributed by atoms with Gasteiger partial charge in [-0.3, -0.25) is 10.5 Å². The lowest BCUT2D eigenvalue weighted by atomic mass is 9.86. The number of nitrogens with two attached hydrogens (primary N) is 1. The molecule has 1 rings (SSSR count). The lowest BCUT2D eigenvalue weighted by molar-refractivity contribution is -0.125. The van der Waals surface area contributed by atoms with Gasteiger partial charge in [-0.1, -0.05) is 44.5 Å². The van der Waals surface area contributed by atoms with E-state index in [2.05, 4.69) is 0 Å². The SMILES string of the molecule is CCC(C)[C@@H](O)[C@](N)(OC)c1ccccc1C=O. The maximum Gasteiger partial charge on any atom is 0.169 e. The second-order valence-corrected chi connectivity index (χ2v) is 4.53. The summed E-state index contributed by atoms with van der Waals surface area (Å²) in [5.74, 6) is -0.0327. The van der Waals surface area contributed by atoms with Crippen molar-refractivity contribution in [3.63, 3.8) is 0 Å². The molecule has 1 unspecified atom stereocenters. The van der Waals surface area contributed by atoms with E-state index in [0.717, 1.165) is 12.7 Å². The maximum absolute atomic E-state index is 11.1. The van der Waals surface area contributed by atoms with Crippen LogP contribution < -0.4 is 5.73 Å². The lowest BCUT2D eigenvalue weighted by Gasteiger charge is -2.37. The molecule has 100 valence electrons. The quantitative estimate of drug-likeness (QED) is 0.596. The fourth-order valence-corrected chi connectivity index (χ4v) is 1.99. The summed E-state index contributed by atoms with van der Waals surface area (Å²) >= 11 is 0. The number of methoxy groups -OCH3 is 1. The number of ether oxygens (including phenoxy) is 1. The van der Waals surface area contributed by atoms with Gasteiger partial charge in [0.1, 0.15) is 12.4 Å². The highest BCUT2D eigenvalue weighted by atomic mass is 16.5. The van der Waals surface area contributed by atoms with Gasteiger partial charge in [0.05, 0.1) is 0 Å². The largest absolute Gasteiger partial charge is 0.388 e. The standard InChI is InChI=1S/C14H21NO3/c1-4-10(2)13(17)14(15,18-3)12-8-6-5-7-11(12)9-16/h5-10,13,17H,4,15H2,1-3H3/t10?,13-,14-/m1/s1. The Bertz CT molecular complexity index is 408. The van der Waals surface area contributed by atoms with Crippen LogP contribution in [0.2, 0.25) is 0 Å². The molecule has 0 amide bonds. The Kier molecular flexibility index (Phi) is 5.02. The first kappa shape index (κ1) is 14.8. The van der Waals surface area contributed by atoms with Crippen LogP contribution in [-0.2, 0) is 10.5 Å². The zero-order valence-electron chi connectivity index (χ0n) is 11.1. The molecule has 0 radical (unpaired) electrons. The van der Waals surface area contributed by atoms with Crippen LogP contribution in [0.25, 0.3) is 0 Å². The van der Waals surface area contributed by atoms with Crippen LogP contribution in [0.4, 0.5) is 0 Å². The minimum absolute atomic E-state index is 0.0327. The molecule has 4 heteroatoms. The molecular weight excluding hydrogens is 230 g/mol. The predicted molar refractivity (Wildman–Crippen MR) is 70.2 cm³/mol. The molecule has 18 heavy (non-hydrogen) atoms. The van der Waals surface area contributed by atoms with E-state index in [1.807, 2.05) is 13.8 Å². The zero-order valence-corrected chi connectivity index (χ0v) is 11.1. The minimum atomic E-state index is -1.37. The third-order valence-electron chi connectivity index (χ3n) is 3.47. The summed E-state index contributed by atoms with van der Waals surface area (Å²) in [5, 5.41) is 10.3. The highest BCUT2D eigenvalue weighted by molar-refractivity contribution is 5.77. The zero-order chi connectivity index (χ0) is 13.8. The van der Waals surface area contributed by atoms with Gasteiger partial charge in [-0.05, 0) is 5.92 Å². The molecule has 1 aromatic rings. The van der Waals surface area contributed by atoms with Crippen molar-refractivity contribution in [2.45, 2.75) is 32.1 Å². The molecule has 0 bridgehead atoms. The number of rotatable bonds is 6. The summed E-state index contributed by atoms with van der Waals surface area (Å²) in [4.78, 5) is 11.1. The Hall–Kier alpha value is -1.23. The molecule has 0 saturated heterocycles. The third-order valence-corrected chi connectivity index (χ3v) is 3.47. The van der Waals surface area contributed by atoms with Crippen LogP contribution >= 0.6 is 0 Å². The van der Waals surface area contributed by atoms with Crippen molar-refractivity contribution in [1.29, 1.82) is 0 Å². The van der Waals surface area contributed by atoms with E-state index in [1.54, 1.807) is 24.3 Å². The first-order chi connectivity index (χ1) is 8.51. The molecule has 0 aliphatic rings. The molecule has 4 nitrogen and oxygen atoms in total. The van der Waals surface area contributed by atoms with Gasteiger partial charge in [-0.25, -0.2) is 0 Å². The summed E-state index contributed by atoms with van der Waals surface area (Å²) in [5.41, 5.74) is 5.76. The molecular formula is C14H21NO3. The van der Waals surface area contributed by atoms with Gasteiger partial charge in [-0.2, -0.15) is 0 Å². The average Bonchev–Trinajstić information content (AvgIpc) is 2.44. The topological polar surface area (TPSA) is 72.6 Å². The predicted octanol–water partition coefficient (Wildman–Crippen LogP) is 1.66. The van der Waals surface area contributed by atoms with E-state index < -0.39 is 11.8 Å². The van der Waals surface area contributed by atoms with Crippen molar-refractivity contribution >= 4 is 6.29 Å². The fraction of sp³-hybridized carbons (Fsp3) is 0.500. The molecule has 0 aliphatic heterocycles. The molecule has 3 N–H and O–H groups in total. The summed E-state index contributed by atoms with van der Waals surface area (Å²) in [6.07, 6.45) is 0.611. The van der Waals surface area contributed by atoms with Gasteiger partial charge in [-0.15, -0.1) is 0 Å². The average molecular weight is 251 g/mol. The molecule has 0 saturated carbocycles. The minimum Gasteiger partial charge on any atom is -0.388 e. The number of benzene rings is 1. The van der Waals surface area contributed by atoms with Crippen LogP contribution in [0.15, 0.2) is 24.3 Å². The molecule has 0 fully saturated rings. The Balaban J connectivity index is 3.25. The number of aliphatic hydroxyl groups excluding tert-OH is 1. The smallest absolute Gasteiger partial charge is 0.169 e. The molecule has 3 atom stereocenters. The Morgan fingerprint density at radius 1 is 1.50 bits per heavy atom. The second kappa shape index (κ2) is 6.09. The number of carbonyl (C=O) groups is 1. The van der Waals surface area contributed by atoms with Crippen molar-refractivity contribution in [1.82, 2.24) is 0 Å². The van der Waals surface area contributed by atoms with Crippen molar-refractivity contribution in [2.75, 3.05) is 7.11 Å². The van der Waals surface area contributed by atoms with Gasteiger partial charge in [0.2, 0.25) is 0 Å². The van der Waals surface area contributed by atoms with Gasteiger partial charge in [0, 0.05) is 18.2 Å². The van der Waals surface area contributed by atoms with Gasteiger partial charge < -0.3 is 9.84 Å². The fourth-order valence-electron chi connectivity index (χ4n) is 1.99. The van der Waals surface area contributed by atoms with Crippen molar-refractivity contribution < 1.29 is 14.6 Å². The van der Waals surface area contributed by atoms with E-state index in [1.165, 1.54) is 7.11 Å². The molecule has 0 spiro atoms. The van der Waals surface area contributed by atoms with Gasteiger partial charge in [0.15, 0.2) is 5.72 Å². The van der Waals surface area contributed by atoms with E-state index in [9.17, 15) is 9.90 Å². The second-order valence-electron chi connectivity index (χ2n) is 4.53. The molecule has 1 aromatic carbocycles.